The number of carbonyl (C=O) groups excluding carboxylic acids is 1. The summed E-state index contributed by atoms with van der Waals surface area (Å²) < 4.78 is 1.69. The molecule has 0 spiro atoms. The minimum absolute atomic E-state index is 0.0935. The monoisotopic (exact) mass is 224 g/mol. The minimum Gasteiger partial charge on any atom is -0.347 e. The lowest BCUT2D eigenvalue weighted by Gasteiger charge is -2.25. The van der Waals surface area contributed by atoms with E-state index in [9.17, 15) is 4.79 Å². The molecule has 1 aromatic rings. The van der Waals surface area contributed by atoms with Crippen LogP contribution in [-0.2, 0) is 7.05 Å². The van der Waals surface area contributed by atoms with Gasteiger partial charge < -0.3 is 11.1 Å². The van der Waals surface area contributed by atoms with Gasteiger partial charge in [-0.05, 0) is 33.7 Å². The summed E-state index contributed by atoms with van der Waals surface area (Å²) in [4.78, 5) is 12.0. The minimum atomic E-state index is -0.284. The number of nitrogens with two attached hydrogens (primary N) is 1. The second-order valence-corrected chi connectivity index (χ2v) is 4.64. The summed E-state index contributed by atoms with van der Waals surface area (Å²) >= 11 is 0. The number of hydrogen-bond acceptors (Lipinski definition) is 3. The van der Waals surface area contributed by atoms with Crippen molar-refractivity contribution in [2.75, 3.05) is 6.54 Å². The van der Waals surface area contributed by atoms with Crippen molar-refractivity contribution in [3.63, 3.8) is 0 Å². The highest BCUT2D eigenvalue weighted by Crippen LogP contribution is 2.11. The maximum atomic E-state index is 12.0. The fourth-order valence-electron chi connectivity index (χ4n) is 1.52. The Bertz CT molecular complexity index is 381. The Morgan fingerprint density at radius 1 is 1.62 bits per heavy atom. The molecule has 0 aromatic carbocycles. The molecule has 0 fully saturated rings. The van der Waals surface area contributed by atoms with Gasteiger partial charge in [-0.3, -0.25) is 9.48 Å². The number of amides is 1. The van der Waals surface area contributed by atoms with Gasteiger partial charge in [0.2, 0.25) is 0 Å². The van der Waals surface area contributed by atoms with E-state index < -0.39 is 0 Å². The van der Waals surface area contributed by atoms with Crippen LogP contribution in [0.1, 0.15) is 36.3 Å². The topological polar surface area (TPSA) is 72.9 Å². The Hall–Kier alpha value is -1.36. The summed E-state index contributed by atoms with van der Waals surface area (Å²) in [7, 11) is 1.82. The van der Waals surface area contributed by atoms with Gasteiger partial charge in [-0.25, -0.2) is 0 Å². The maximum absolute atomic E-state index is 12.0. The molecule has 16 heavy (non-hydrogen) atoms. The van der Waals surface area contributed by atoms with Crippen molar-refractivity contribution in [3.8, 4) is 0 Å². The fourth-order valence-corrected chi connectivity index (χ4v) is 1.52. The van der Waals surface area contributed by atoms with Crippen LogP contribution >= 0.6 is 0 Å². The third-order valence-corrected chi connectivity index (χ3v) is 2.70. The molecule has 0 saturated carbocycles. The van der Waals surface area contributed by atoms with Crippen LogP contribution in [0.15, 0.2) is 6.20 Å². The van der Waals surface area contributed by atoms with Crippen LogP contribution in [0.25, 0.3) is 0 Å². The lowest BCUT2D eigenvalue weighted by Crippen LogP contribution is -2.44. The van der Waals surface area contributed by atoms with E-state index in [1.54, 1.807) is 10.9 Å². The van der Waals surface area contributed by atoms with E-state index >= 15 is 0 Å². The van der Waals surface area contributed by atoms with E-state index in [0.717, 1.165) is 12.1 Å². The van der Waals surface area contributed by atoms with Crippen molar-refractivity contribution in [2.24, 2.45) is 12.8 Å². The van der Waals surface area contributed by atoms with Crippen molar-refractivity contribution < 1.29 is 4.79 Å². The molecule has 1 aromatic heterocycles. The van der Waals surface area contributed by atoms with E-state index in [-0.39, 0.29) is 11.4 Å². The standard InChI is InChI=1S/C11H20N4O/c1-8-9(7-13-15(8)4)10(16)14-11(2,3)5-6-12/h7H,5-6,12H2,1-4H3,(H,14,16). The Morgan fingerprint density at radius 2 is 2.25 bits per heavy atom. The molecule has 1 amide bonds. The number of carbonyl (C=O) groups is 1. The zero-order valence-electron chi connectivity index (χ0n) is 10.4. The normalized spacial score (nSPS) is 11.6. The van der Waals surface area contributed by atoms with Gasteiger partial charge in [-0.2, -0.15) is 5.10 Å². The molecular formula is C11H20N4O. The molecule has 0 unspecified atom stereocenters. The molecule has 5 heteroatoms. The van der Waals surface area contributed by atoms with Crippen LogP contribution in [0.3, 0.4) is 0 Å². The molecule has 0 aliphatic rings. The van der Waals surface area contributed by atoms with E-state index in [0.29, 0.717) is 12.1 Å². The number of nitrogens with zero attached hydrogens (tertiary/aromatic N) is 2. The molecule has 1 heterocycles. The van der Waals surface area contributed by atoms with Crippen molar-refractivity contribution in [1.82, 2.24) is 15.1 Å². The number of hydrogen-bond donors (Lipinski definition) is 2. The molecular weight excluding hydrogens is 204 g/mol. The molecule has 0 radical (unpaired) electrons. The molecule has 0 saturated heterocycles. The van der Waals surface area contributed by atoms with Crippen LogP contribution in [0.4, 0.5) is 0 Å². The predicted molar refractivity (Wildman–Crippen MR) is 63.2 cm³/mol. The van der Waals surface area contributed by atoms with Gasteiger partial charge in [-0.15, -0.1) is 0 Å². The average Bonchev–Trinajstić information content (AvgIpc) is 2.46. The highest BCUT2D eigenvalue weighted by Gasteiger charge is 2.22. The zero-order chi connectivity index (χ0) is 12.3. The van der Waals surface area contributed by atoms with Crippen molar-refractivity contribution in [2.45, 2.75) is 32.7 Å². The molecule has 0 bridgehead atoms. The first kappa shape index (κ1) is 12.7. The molecule has 5 nitrogen and oxygen atoms in total. The second-order valence-electron chi connectivity index (χ2n) is 4.64. The van der Waals surface area contributed by atoms with Gasteiger partial charge in [0.05, 0.1) is 11.8 Å². The summed E-state index contributed by atoms with van der Waals surface area (Å²) in [5, 5.41) is 7.00. The van der Waals surface area contributed by atoms with Gasteiger partial charge in [0, 0.05) is 18.3 Å². The number of nitrogens with one attached hydrogen (secondary N) is 1. The van der Waals surface area contributed by atoms with Crippen LogP contribution in [0, 0.1) is 6.92 Å². The van der Waals surface area contributed by atoms with Crippen LogP contribution < -0.4 is 11.1 Å². The second kappa shape index (κ2) is 4.65. The van der Waals surface area contributed by atoms with Gasteiger partial charge in [0.1, 0.15) is 0 Å². The van der Waals surface area contributed by atoms with Gasteiger partial charge in [-0.1, -0.05) is 0 Å². The van der Waals surface area contributed by atoms with Gasteiger partial charge in [0.15, 0.2) is 0 Å². The average molecular weight is 224 g/mol. The summed E-state index contributed by atoms with van der Waals surface area (Å²) in [5.41, 5.74) is 6.69. The van der Waals surface area contributed by atoms with Crippen molar-refractivity contribution in [3.05, 3.63) is 17.5 Å². The quantitative estimate of drug-likeness (QED) is 0.786. The lowest BCUT2D eigenvalue weighted by molar-refractivity contribution is 0.0909. The number of aromatic nitrogens is 2. The Labute approximate surface area is 96.0 Å². The summed E-state index contributed by atoms with van der Waals surface area (Å²) in [6.45, 7) is 6.35. The summed E-state index contributed by atoms with van der Waals surface area (Å²) in [6, 6.07) is 0. The Kier molecular flexibility index (Phi) is 3.70. The molecule has 0 aliphatic carbocycles. The third-order valence-electron chi connectivity index (χ3n) is 2.70. The van der Waals surface area contributed by atoms with E-state index in [1.807, 2.05) is 27.8 Å². The summed E-state index contributed by atoms with van der Waals surface area (Å²) in [6.07, 6.45) is 2.33. The summed E-state index contributed by atoms with van der Waals surface area (Å²) in [5.74, 6) is -0.0935. The lowest BCUT2D eigenvalue weighted by atomic mass is 10.0. The Morgan fingerprint density at radius 3 is 2.69 bits per heavy atom. The highest BCUT2D eigenvalue weighted by molar-refractivity contribution is 5.95. The van der Waals surface area contributed by atoms with Gasteiger partial charge >= 0.3 is 0 Å². The molecule has 0 atom stereocenters. The van der Waals surface area contributed by atoms with Crippen molar-refractivity contribution in [1.29, 1.82) is 0 Å². The molecule has 0 aliphatic heterocycles. The molecule has 3 N–H and O–H groups in total. The van der Waals surface area contributed by atoms with Crippen molar-refractivity contribution >= 4 is 5.91 Å². The number of aryl methyl sites for hydroxylation is 1. The van der Waals surface area contributed by atoms with E-state index in [4.69, 9.17) is 5.73 Å². The first-order valence-electron chi connectivity index (χ1n) is 5.38. The van der Waals surface area contributed by atoms with E-state index in [1.165, 1.54) is 0 Å². The van der Waals surface area contributed by atoms with Crippen LogP contribution in [0.5, 0.6) is 0 Å². The predicted octanol–water partition coefficient (Wildman–Crippen LogP) is 0.586. The first-order chi connectivity index (χ1) is 7.37. The van der Waals surface area contributed by atoms with Crippen LogP contribution in [0.2, 0.25) is 0 Å². The largest absolute Gasteiger partial charge is 0.347 e. The highest BCUT2D eigenvalue weighted by atomic mass is 16.1. The Balaban J connectivity index is 2.77. The molecule has 1 rings (SSSR count). The fraction of sp³-hybridized carbons (Fsp3) is 0.636. The van der Waals surface area contributed by atoms with E-state index in [2.05, 4.69) is 10.4 Å². The number of rotatable bonds is 4. The zero-order valence-corrected chi connectivity index (χ0v) is 10.4. The first-order valence-corrected chi connectivity index (χ1v) is 5.38. The van der Waals surface area contributed by atoms with Gasteiger partial charge in [0.25, 0.3) is 5.91 Å². The third kappa shape index (κ3) is 2.82. The van der Waals surface area contributed by atoms with Crippen LogP contribution in [-0.4, -0.2) is 27.8 Å². The SMILES string of the molecule is Cc1c(C(=O)NC(C)(C)CCN)cnn1C. The smallest absolute Gasteiger partial charge is 0.255 e. The maximum Gasteiger partial charge on any atom is 0.255 e. The molecule has 90 valence electrons.